The maximum atomic E-state index is 6.41. The van der Waals surface area contributed by atoms with Crippen LogP contribution in [0.4, 0.5) is 11.4 Å². The molecule has 2 fully saturated rings. The number of benzene rings is 4. The van der Waals surface area contributed by atoms with Crippen LogP contribution in [-0.4, -0.2) is 43.3 Å². The molecule has 2 atom stereocenters. The molecule has 4 aliphatic heterocycles. The SMILES string of the molecule is COc1ccc2c(c1)C1(SCC(CN3c4ccccc4C4(SCCS4)c4cc(OC)ccc43)S1)c1ccccc1O2. The van der Waals surface area contributed by atoms with Gasteiger partial charge in [0, 0.05) is 62.7 Å². The van der Waals surface area contributed by atoms with E-state index >= 15 is 0 Å². The minimum absolute atomic E-state index is 0.0924. The summed E-state index contributed by atoms with van der Waals surface area (Å²) in [7, 11) is 3.50. The lowest BCUT2D eigenvalue weighted by Crippen LogP contribution is -2.36. The van der Waals surface area contributed by atoms with Gasteiger partial charge in [-0.3, -0.25) is 0 Å². The molecule has 0 N–H and O–H groups in total. The van der Waals surface area contributed by atoms with Crippen LogP contribution in [0.25, 0.3) is 0 Å². The molecule has 41 heavy (non-hydrogen) atoms. The Bertz CT molecular complexity index is 1660. The van der Waals surface area contributed by atoms with Gasteiger partial charge in [0.2, 0.25) is 0 Å². The highest BCUT2D eigenvalue weighted by molar-refractivity contribution is 8.21. The van der Waals surface area contributed by atoms with E-state index in [-0.39, 0.29) is 8.16 Å². The highest BCUT2D eigenvalue weighted by Crippen LogP contribution is 2.67. The quantitative estimate of drug-likeness (QED) is 0.225. The third kappa shape index (κ3) is 3.94. The van der Waals surface area contributed by atoms with Crippen molar-refractivity contribution in [2.24, 2.45) is 0 Å². The van der Waals surface area contributed by atoms with E-state index in [1.165, 1.54) is 33.6 Å². The Morgan fingerprint density at radius 1 is 0.707 bits per heavy atom. The second kappa shape index (κ2) is 10.0. The Morgan fingerprint density at radius 2 is 1.37 bits per heavy atom. The number of anilines is 2. The number of thioether (sulfide) groups is 4. The number of ether oxygens (including phenoxy) is 3. The number of hydrogen-bond acceptors (Lipinski definition) is 8. The predicted molar refractivity (Wildman–Crippen MR) is 176 cm³/mol. The van der Waals surface area contributed by atoms with Crippen LogP contribution in [0.2, 0.25) is 0 Å². The van der Waals surface area contributed by atoms with E-state index in [0.29, 0.717) is 5.25 Å². The molecule has 0 aliphatic carbocycles. The van der Waals surface area contributed by atoms with Crippen LogP contribution in [0.5, 0.6) is 23.0 Å². The number of methoxy groups -OCH3 is 2. The monoisotopic (exact) mass is 615 g/mol. The molecule has 0 bridgehead atoms. The van der Waals surface area contributed by atoms with Gasteiger partial charge < -0.3 is 19.1 Å². The second-order valence-electron chi connectivity index (χ2n) is 10.5. The average molecular weight is 616 g/mol. The van der Waals surface area contributed by atoms with Gasteiger partial charge >= 0.3 is 0 Å². The maximum Gasteiger partial charge on any atom is 0.133 e. The molecule has 208 valence electrons. The van der Waals surface area contributed by atoms with Gasteiger partial charge in [0.15, 0.2) is 0 Å². The summed E-state index contributed by atoms with van der Waals surface area (Å²) in [5, 5.41) is 0.395. The first-order valence-corrected chi connectivity index (χ1v) is 17.6. The average Bonchev–Trinajstić information content (AvgIpc) is 3.68. The van der Waals surface area contributed by atoms with Crippen molar-refractivity contribution in [1.82, 2.24) is 0 Å². The first kappa shape index (κ1) is 26.1. The van der Waals surface area contributed by atoms with Crippen LogP contribution >= 0.6 is 47.0 Å². The summed E-state index contributed by atoms with van der Waals surface area (Å²) >= 11 is 8.22. The number of fused-ring (bicyclic) bond motifs is 8. The van der Waals surface area contributed by atoms with Gasteiger partial charge in [0.25, 0.3) is 0 Å². The summed E-state index contributed by atoms with van der Waals surface area (Å²) in [5.74, 6) is 6.99. The molecular formula is C33H29NO3S4. The van der Waals surface area contributed by atoms with Gasteiger partial charge in [-0.15, -0.1) is 47.0 Å². The predicted octanol–water partition coefficient (Wildman–Crippen LogP) is 8.69. The number of hydrogen-bond donors (Lipinski definition) is 0. The molecule has 8 rings (SSSR count). The van der Waals surface area contributed by atoms with Crippen LogP contribution in [-0.2, 0) is 8.16 Å². The lowest BCUT2D eigenvalue weighted by atomic mass is 9.93. The van der Waals surface area contributed by atoms with Gasteiger partial charge in [-0.25, -0.2) is 0 Å². The van der Waals surface area contributed by atoms with E-state index in [2.05, 4.69) is 119 Å². The zero-order valence-electron chi connectivity index (χ0n) is 22.8. The largest absolute Gasteiger partial charge is 0.497 e. The third-order valence-electron chi connectivity index (χ3n) is 8.29. The van der Waals surface area contributed by atoms with Gasteiger partial charge in [0.05, 0.1) is 14.2 Å². The van der Waals surface area contributed by atoms with E-state index in [0.717, 1.165) is 46.8 Å². The fourth-order valence-electron chi connectivity index (χ4n) is 6.49. The van der Waals surface area contributed by atoms with Crippen LogP contribution in [0.15, 0.2) is 84.9 Å². The van der Waals surface area contributed by atoms with Crippen molar-refractivity contribution in [3.05, 3.63) is 107 Å². The first-order valence-electron chi connectivity index (χ1n) is 13.8. The lowest BCUT2D eigenvalue weighted by Gasteiger charge is -2.43. The normalized spacial score (nSPS) is 23.0. The molecule has 4 nitrogen and oxygen atoms in total. The molecule has 2 spiro atoms. The van der Waals surface area contributed by atoms with E-state index in [1.54, 1.807) is 14.2 Å². The van der Waals surface area contributed by atoms with Crippen LogP contribution in [0, 0.1) is 0 Å². The minimum Gasteiger partial charge on any atom is -0.497 e. The molecule has 0 radical (unpaired) electrons. The topological polar surface area (TPSA) is 30.9 Å². The molecule has 2 saturated heterocycles. The molecule has 8 heteroatoms. The minimum atomic E-state index is -0.250. The Balaban J connectivity index is 1.21. The van der Waals surface area contributed by atoms with Crippen LogP contribution < -0.4 is 19.1 Å². The molecule has 0 saturated carbocycles. The van der Waals surface area contributed by atoms with Gasteiger partial charge in [0.1, 0.15) is 31.2 Å². The zero-order valence-corrected chi connectivity index (χ0v) is 26.1. The van der Waals surface area contributed by atoms with Crippen molar-refractivity contribution in [2.75, 3.05) is 42.9 Å². The van der Waals surface area contributed by atoms with Gasteiger partial charge in [-0.2, -0.15) is 0 Å². The standard InChI is InChI=1S/C33H29NO3S4/c1-35-21-11-13-29-26(17-21)32(38-15-16-39-32)24-7-3-5-9-28(24)34(29)19-23-20-40-33(41-23)25-8-4-6-10-30(25)37-31-14-12-22(36-2)18-27(31)33/h3-14,17-18,23H,15-16,19-20H2,1-2H3. The smallest absolute Gasteiger partial charge is 0.133 e. The van der Waals surface area contributed by atoms with Crippen molar-refractivity contribution >= 4 is 58.4 Å². The molecular weight excluding hydrogens is 587 g/mol. The van der Waals surface area contributed by atoms with Gasteiger partial charge in [-0.05, 0) is 48.5 Å². The fraction of sp³-hybridized carbons (Fsp3) is 0.273. The van der Waals surface area contributed by atoms with Crippen molar-refractivity contribution in [2.45, 2.75) is 13.4 Å². The summed E-state index contributed by atoms with van der Waals surface area (Å²) in [6.07, 6.45) is 0. The zero-order chi connectivity index (χ0) is 27.6. The summed E-state index contributed by atoms with van der Waals surface area (Å²) < 4.78 is 17.5. The van der Waals surface area contributed by atoms with Crippen LogP contribution in [0.3, 0.4) is 0 Å². The summed E-state index contributed by atoms with van der Waals surface area (Å²) in [6, 6.07) is 30.5. The highest BCUT2D eigenvalue weighted by atomic mass is 32.2. The molecule has 4 aliphatic rings. The van der Waals surface area contributed by atoms with Crippen molar-refractivity contribution in [3.8, 4) is 23.0 Å². The summed E-state index contributed by atoms with van der Waals surface area (Å²) in [6.45, 7) is 0.920. The Labute approximate surface area is 257 Å². The molecule has 4 aromatic rings. The van der Waals surface area contributed by atoms with Crippen molar-refractivity contribution in [3.63, 3.8) is 0 Å². The summed E-state index contributed by atoms with van der Waals surface area (Å²) in [5.41, 5.74) is 7.82. The Hall–Kier alpha value is -2.52. The van der Waals surface area contributed by atoms with E-state index in [9.17, 15) is 0 Å². The van der Waals surface area contributed by atoms with Crippen LogP contribution in [0.1, 0.15) is 22.3 Å². The number of para-hydroxylation sites is 2. The maximum absolute atomic E-state index is 6.41. The lowest BCUT2D eigenvalue weighted by molar-refractivity contribution is 0.409. The van der Waals surface area contributed by atoms with E-state index < -0.39 is 0 Å². The van der Waals surface area contributed by atoms with E-state index in [1.807, 2.05) is 17.8 Å². The number of rotatable bonds is 4. The van der Waals surface area contributed by atoms with Gasteiger partial charge in [-0.1, -0.05) is 36.4 Å². The second-order valence-corrected chi connectivity index (χ2v) is 16.3. The summed E-state index contributed by atoms with van der Waals surface area (Å²) in [4.78, 5) is 2.57. The Kier molecular flexibility index (Phi) is 6.40. The van der Waals surface area contributed by atoms with E-state index in [4.69, 9.17) is 14.2 Å². The molecule has 2 unspecified atom stereocenters. The number of nitrogens with zero attached hydrogens (tertiary/aromatic N) is 1. The Morgan fingerprint density at radius 3 is 2.17 bits per heavy atom. The van der Waals surface area contributed by atoms with Crippen molar-refractivity contribution < 1.29 is 14.2 Å². The molecule has 4 aromatic carbocycles. The highest BCUT2D eigenvalue weighted by Gasteiger charge is 2.51. The fourth-order valence-corrected chi connectivity index (χ4v) is 13.7. The first-order chi connectivity index (χ1) is 20.1. The molecule has 0 amide bonds. The molecule has 4 heterocycles. The van der Waals surface area contributed by atoms with Crippen molar-refractivity contribution in [1.29, 1.82) is 0 Å². The third-order valence-corrected chi connectivity index (χ3v) is 15.5. The molecule has 0 aromatic heterocycles.